The molecule has 6 heteroatoms. The van der Waals surface area contributed by atoms with Gasteiger partial charge in [-0.25, -0.2) is 4.39 Å². The minimum Gasteiger partial charge on any atom is -0.466 e. The number of likely N-dealkylation sites (tertiary alicyclic amines) is 2. The second-order valence-electron chi connectivity index (χ2n) is 8.01. The first-order valence-corrected chi connectivity index (χ1v) is 9.79. The van der Waals surface area contributed by atoms with Gasteiger partial charge >= 0.3 is 0 Å². The van der Waals surface area contributed by atoms with E-state index in [-0.39, 0.29) is 24.2 Å². The summed E-state index contributed by atoms with van der Waals surface area (Å²) in [5.41, 5.74) is 0.551. The van der Waals surface area contributed by atoms with Gasteiger partial charge in [0, 0.05) is 31.7 Å². The molecule has 1 aromatic heterocycles. The Morgan fingerprint density at radius 3 is 2.71 bits per heavy atom. The van der Waals surface area contributed by atoms with Gasteiger partial charge in [0.1, 0.15) is 17.3 Å². The summed E-state index contributed by atoms with van der Waals surface area (Å²) in [5, 5.41) is 0. The van der Waals surface area contributed by atoms with Crippen LogP contribution in [0.1, 0.15) is 46.7 Å². The summed E-state index contributed by atoms with van der Waals surface area (Å²) >= 11 is 0. The van der Waals surface area contributed by atoms with Crippen LogP contribution in [0.5, 0.6) is 0 Å². The lowest BCUT2D eigenvalue weighted by atomic mass is 9.78. The van der Waals surface area contributed by atoms with Crippen LogP contribution < -0.4 is 0 Å². The van der Waals surface area contributed by atoms with Crippen molar-refractivity contribution in [1.29, 1.82) is 0 Å². The molecule has 1 spiro atoms. The third-order valence-corrected chi connectivity index (χ3v) is 6.06. The minimum atomic E-state index is -0.550. The molecule has 0 N–H and O–H groups in total. The number of furan rings is 1. The zero-order chi connectivity index (χ0) is 19.9. The quantitative estimate of drug-likeness (QED) is 0.811. The molecule has 148 valence electrons. The van der Waals surface area contributed by atoms with Crippen molar-refractivity contribution in [3.63, 3.8) is 0 Å². The largest absolute Gasteiger partial charge is 0.466 e. The minimum absolute atomic E-state index is 0.0393. The van der Waals surface area contributed by atoms with Gasteiger partial charge in [-0.05, 0) is 45.2 Å². The number of halogens is 1. The monoisotopic (exact) mass is 384 g/mol. The fraction of sp³-hybridized carbons (Fsp3) is 0.455. The molecule has 2 aromatic rings. The molecule has 2 aliphatic heterocycles. The Labute approximate surface area is 164 Å². The van der Waals surface area contributed by atoms with Crippen molar-refractivity contribution in [3.05, 3.63) is 58.8 Å². The van der Waals surface area contributed by atoms with Crippen LogP contribution in [-0.2, 0) is 11.3 Å². The number of aryl methyl sites for hydroxylation is 2. The van der Waals surface area contributed by atoms with Crippen LogP contribution in [0, 0.1) is 25.1 Å². The highest BCUT2D eigenvalue weighted by molar-refractivity contribution is 5.96. The van der Waals surface area contributed by atoms with E-state index in [9.17, 15) is 14.0 Å². The second kappa shape index (κ2) is 7.08. The normalized spacial score (nSPS) is 22.3. The van der Waals surface area contributed by atoms with E-state index in [2.05, 4.69) is 0 Å². The predicted molar refractivity (Wildman–Crippen MR) is 102 cm³/mol. The van der Waals surface area contributed by atoms with Crippen LogP contribution in [0.3, 0.4) is 0 Å². The number of nitrogens with zero attached hydrogens (tertiary/aromatic N) is 2. The predicted octanol–water partition coefficient (Wildman–Crippen LogP) is 3.69. The fourth-order valence-electron chi connectivity index (χ4n) is 4.57. The zero-order valence-corrected chi connectivity index (χ0v) is 16.3. The first kappa shape index (κ1) is 18.7. The number of rotatable bonds is 3. The number of carbonyl (C=O) groups excluding carboxylic acids is 2. The highest BCUT2D eigenvalue weighted by Gasteiger charge is 2.49. The van der Waals surface area contributed by atoms with Crippen molar-refractivity contribution < 1.29 is 18.4 Å². The average Bonchev–Trinajstić information content (AvgIpc) is 3.24. The highest BCUT2D eigenvalue weighted by atomic mass is 19.1. The maximum atomic E-state index is 14.0. The Morgan fingerprint density at radius 2 is 2.00 bits per heavy atom. The molecule has 2 amide bonds. The number of amides is 2. The fourth-order valence-corrected chi connectivity index (χ4v) is 4.57. The first-order chi connectivity index (χ1) is 13.4. The van der Waals surface area contributed by atoms with E-state index in [0.717, 1.165) is 12.8 Å². The van der Waals surface area contributed by atoms with Gasteiger partial charge in [0.05, 0.1) is 11.0 Å². The van der Waals surface area contributed by atoms with Gasteiger partial charge in [-0.2, -0.15) is 0 Å². The average molecular weight is 384 g/mol. The number of benzene rings is 1. The lowest BCUT2D eigenvalue weighted by Crippen LogP contribution is -2.50. The first-order valence-electron chi connectivity index (χ1n) is 9.79. The molecule has 28 heavy (non-hydrogen) atoms. The van der Waals surface area contributed by atoms with E-state index in [4.69, 9.17) is 4.42 Å². The molecule has 0 aliphatic carbocycles. The number of piperidine rings is 1. The Morgan fingerprint density at radius 1 is 1.21 bits per heavy atom. The molecular weight excluding hydrogens is 359 g/mol. The van der Waals surface area contributed by atoms with Crippen molar-refractivity contribution in [2.75, 3.05) is 19.6 Å². The van der Waals surface area contributed by atoms with Gasteiger partial charge in [-0.3, -0.25) is 9.59 Å². The Hall–Kier alpha value is -2.63. The lowest BCUT2D eigenvalue weighted by molar-refractivity contribution is -0.146. The van der Waals surface area contributed by atoms with Crippen LogP contribution in [0.4, 0.5) is 4.39 Å². The molecule has 2 fully saturated rings. The van der Waals surface area contributed by atoms with Gasteiger partial charge in [0.15, 0.2) is 0 Å². The van der Waals surface area contributed by atoms with E-state index in [1.165, 1.54) is 6.07 Å². The smallest absolute Gasteiger partial charge is 0.257 e. The Kier molecular flexibility index (Phi) is 4.73. The lowest BCUT2D eigenvalue weighted by Gasteiger charge is -2.39. The standard InChI is InChI=1S/C22H25FN2O3/c1-15-12-18(16(2)28-15)20(26)25-11-9-22(14-25)8-5-10-24(21(22)27)13-17-6-3-4-7-19(17)23/h3-4,6-7,12H,5,8-11,13-14H2,1-2H3. The van der Waals surface area contributed by atoms with Crippen molar-refractivity contribution in [1.82, 2.24) is 9.80 Å². The Balaban J connectivity index is 1.50. The van der Waals surface area contributed by atoms with Crippen molar-refractivity contribution >= 4 is 11.8 Å². The third kappa shape index (κ3) is 3.21. The van der Waals surface area contributed by atoms with Crippen LogP contribution in [-0.4, -0.2) is 41.2 Å². The van der Waals surface area contributed by atoms with E-state index < -0.39 is 5.41 Å². The number of hydrogen-bond donors (Lipinski definition) is 0. The molecule has 1 aromatic carbocycles. The SMILES string of the molecule is Cc1cc(C(=O)N2CCC3(CCCN(Cc4ccccc4F)C3=O)C2)c(C)o1. The van der Waals surface area contributed by atoms with Crippen LogP contribution in [0.25, 0.3) is 0 Å². The Bertz CT molecular complexity index is 922. The molecule has 1 atom stereocenters. The van der Waals surface area contributed by atoms with Gasteiger partial charge in [0.25, 0.3) is 5.91 Å². The molecule has 3 heterocycles. The summed E-state index contributed by atoms with van der Waals surface area (Å²) in [7, 11) is 0. The van der Waals surface area contributed by atoms with E-state index in [1.807, 2.05) is 6.92 Å². The summed E-state index contributed by atoms with van der Waals surface area (Å²) in [5.74, 6) is 0.991. The zero-order valence-electron chi connectivity index (χ0n) is 16.3. The van der Waals surface area contributed by atoms with Crippen LogP contribution in [0.15, 0.2) is 34.7 Å². The molecule has 0 saturated carbocycles. The molecule has 1 unspecified atom stereocenters. The molecular formula is C22H25FN2O3. The maximum Gasteiger partial charge on any atom is 0.257 e. The van der Waals surface area contributed by atoms with E-state index in [0.29, 0.717) is 48.7 Å². The molecule has 5 nitrogen and oxygen atoms in total. The van der Waals surface area contributed by atoms with Crippen molar-refractivity contribution in [3.8, 4) is 0 Å². The summed E-state index contributed by atoms with van der Waals surface area (Å²) in [6.07, 6.45) is 2.29. The van der Waals surface area contributed by atoms with E-state index >= 15 is 0 Å². The number of carbonyl (C=O) groups is 2. The molecule has 0 radical (unpaired) electrons. The van der Waals surface area contributed by atoms with E-state index in [1.54, 1.807) is 41.0 Å². The molecule has 2 aliphatic rings. The van der Waals surface area contributed by atoms with Gasteiger partial charge in [-0.1, -0.05) is 18.2 Å². The van der Waals surface area contributed by atoms with Crippen LogP contribution in [0.2, 0.25) is 0 Å². The van der Waals surface area contributed by atoms with Gasteiger partial charge in [0.2, 0.25) is 5.91 Å². The molecule has 0 bridgehead atoms. The van der Waals surface area contributed by atoms with Crippen molar-refractivity contribution in [2.45, 2.75) is 39.7 Å². The third-order valence-electron chi connectivity index (χ3n) is 6.06. The van der Waals surface area contributed by atoms with Crippen molar-refractivity contribution in [2.24, 2.45) is 5.41 Å². The summed E-state index contributed by atoms with van der Waals surface area (Å²) in [6.45, 7) is 5.49. The molecule has 2 saturated heterocycles. The van der Waals surface area contributed by atoms with Gasteiger partial charge < -0.3 is 14.2 Å². The van der Waals surface area contributed by atoms with Gasteiger partial charge in [-0.15, -0.1) is 0 Å². The highest BCUT2D eigenvalue weighted by Crippen LogP contribution is 2.41. The maximum absolute atomic E-state index is 14.0. The molecule has 4 rings (SSSR count). The van der Waals surface area contributed by atoms with Crippen LogP contribution >= 0.6 is 0 Å². The number of hydrogen-bond acceptors (Lipinski definition) is 3. The summed E-state index contributed by atoms with van der Waals surface area (Å²) < 4.78 is 19.5. The second-order valence-corrected chi connectivity index (χ2v) is 8.01. The summed E-state index contributed by atoms with van der Waals surface area (Å²) in [4.78, 5) is 29.7. The topological polar surface area (TPSA) is 53.8 Å². The summed E-state index contributed by atoms with van der Waals surface area (Å²) in [6, 6.07) is 8.34.